The molecule has 0 N–H and O–H groups in total. The van der Waals surface area contributed by atoms with E-state index in [4.69, 9.17) is 4.42 Å². The maximum Gasteiger partial charge on any atom is 0.135 e. The van der Waals surface area contributed by atoms with Crippen LogP contribution >= 0.6 is 0 Å². The van der Waals surface area contributed by atoms with Crippen LogP contribution in [0, 0.1) is 0 Å². The molecule has 0 aliphatic heterocycles. The summed E-state index contributed by atoms with van der Waals surface area (Å²) in [6.07, 6.45) is 0. The fraction of sp³-hybridized carbons (Fsp3) is 0. The van der Waals surface area contributed by atoms with Crippen molar-refractivity contribution in [3.05, 3.63) is 231 Å². The Labute approximate surface area is 364 Å². The van der Waals surface area contributed by atoms with Gasteiger partial charge in [-0.25, -0.2) is 0 Å². The van der Waals surface area contributed by atoms with Crippen molar-refractivity contribution >= 4 is 75.8 Å². The van der Waals surface area contributed by atoms with Crippen LogP contribution in [-0.2, 0) is 0 Å². The molecular formula is C62H38O. The number of benzene rings is 12. The van der Waals surface area contributed by atoms with Crippen molar-refractivity contribution in [2.45, 2.75) is 0 Å². The molecule has 0 saturated carbocycles. The van der Waals surface area contributed by atoms with Crippen molar-refractivity contribution in [3.8, 4) is 55.6 Å². The first-order valence-electron chi connectivity index (χ1n) is 21.8. The highest BCUT2D eigenvalue weighted by Gasteiger charge is 2.24. The van der Waals surface area contributed by atoms with Crippen molar-refractivity contribution in [2.75, 3.05) is 0 Å². The van der Waals surface area contributed by atoms with Crippen LogP contribution < -0.4 is 0 Å². The highest BCUT2D eigenvalue weighted by Crippen LogP contribution is 2.51. The Morgan fingerprint density at radius 1 is 0.206 bits per heavy atom. The zero-order chi connectivity index (χ0) is 41.4. The molecule has 292 valence electrons. The maximum absolute atomic E-state index is 6.37. The van der Waals surface area contributed by atoms with E-state index >= 15 is 0 Å². The summed E-state index contributed by atoms with van der Waals surface area (Å²) in [6, 6.07) is 84.6. The standard InChI is InChI=1S/C62H38O/c1-2-16-39(17-3-1)43-35-36-56(47-21-7-6-20-45(43)47)60-52-23-8-10-25-54(52)62(55-26-11-9-24-53(55)60)61-44(41-33-37-59-57(38-41)50-22-12-13-31-58(50)63-59)27-14-30-51(61)48-29-15-28-46-42-19-5-4-18-40(42)32-34-49(46)48/h1-38H. The summed E-state index contributed by atoms with van der Waals surface area (Å²) < 4.78 is 6.37. The molecule has 0 saturated heterocycles. The SMILES string of the molecule is c1ccc(-c2ccc(-c3c4ccccc4c(-c4c(-c5ccc6oc7ccccc7c6c5)cccc4-c4cccc5c4ccc4ccccc45)c4ccccc34)c3ccccc23)cc1. The van der Waals surface area contributed by atoms with Gasteiger partial charge in [0.2, 0.25) is 0 Å². The molecule has 13 rings (SSSR count). The third-order valence-electron chi connectivity index (χ3n) is 13.3. The van der Waals surface area contributed by atoms with Crippen molar-refractivity contribution in [1.82, 2.24) is 0 Å². The van der Waals surface area contributed by atoms with Crippen LogP contribution in [0.25, 0.3) is 131 Å². The topological polar surface area (TPSA) is 13.1 Å². The van der Waals surface area contributed by atoms with Gasteiger partial charge in [-0.2, -0.15) is 0 Å². The van der Waals surface area contributed by atoms with Crippen LogP contribution in [0.15, 0.2) is 235 Å². The molecule has 0 spiro atoms. The molecule has 0 amide bonds. The van der Waals surface area contributed by atoms with Crippen molar-refractivity contribution < 1.29 is 4.42 Å². The minimum absolute atomic E-state index is 0.893. The van der Waals surface area contributed by atoms with Gasteiger partial charge >= 0.3 is 0 Å². The van der Waals surface area contributed by atoms with Gasteiger partial charge in [0.15, 0.2) is 0 Å². The van der Waals surface area contributed by atoms with E-state index in [-0.39, 0.29) is 0 Å². The fourth-order valence-corrected chi connectivity index (χ4v) is 10.5. The summed E-state index contributed by atoms with van der Waals surface area (Å²) in [6.45, 7) is 0. The Kier molecular flexibility index (Phi) is 7.98. The van der Waals surface area contributed by atoms with E-state index in [9.17, 15) is 0 Å². The molecule has 1 heteroatoms. The second kappa shape index (κ2) is 14.2. The van der Waals surface area contributed by atoms with Gasteiger partial charge in [-0.05, 0) is 128 Å². The number of hydrogen-bond acceptors (Lipinski definition) is 1. The number of hydrogen-bond donors (Lipinski definition) is 0. The van der Waals surface area contributed by atoms with E-state index in [2.05, 4.69) is 224 Å². The summed E-state index contributed by atoms with van der Waals surface area (Å²) in [5.74, 6) is 0. The molecule has 0 unspecified atom stereocenters. The zero-order valence-corrected chi connectivity index (χ0v) is 34.3. The smallest absolute Gasteiger partial charge is 0.135 e. The largest absolute Gasteiger partial charge is 0.456 e. The molecule has 0 radical (unpaired) electrons. The highest BCUT2D eigenvalue weighted by atomic mass is 16.3. The lowest BCUT2D eigenvalue weighted by Gasteiger charge is -2.23. The predicted molar refractivity (Wildman–Crippen MR) is 268 cm³/mol. The Hall–Kier alpha value is -8.26. The van der Waals surface area contributed by atoms with E-state index in [1.807, 2.05) is 6.07 Å². The maximum atomic E-state index is 6.37. The molecular weight excluding hydrogens is 761 g/mol. The second-order valence-corrected chi connectivity index (χ2v) is 16.6. The van der Waals surface area contributed by atoms with Gasteiger partial charge in [-0.1, -0.05) is 212 Å². The lowest BCUT2D eigenvalue weighted by molar-refractivity contribution is 0.669. The summed E-state index contributed by atoms with van der Waals surface area (Å²) in [4.78, 5) is 0. The van der Waals surface area contributed by atoms with Gasteiger partial charge in [0, 0.05) is 10.8 Å². The van der Waals surface area contributed by atoms with Crippen LogP contribution in [0.3, 0.4) is 0 Å². The molecule has 13 aromatic rings. The van der Waals surface area contributed by atoms with Crippen molar-refractivity contribution in [3.63, 3.8) is 0 Å². The predicted octanol–water partition coefficient (Wildman–Crippen LogP) is 17.7. The number of fused-ring (bicyclic) bond motifs is 9. The normalized spacial score (nSPS) is 11.8. The van der Waals surface area contributed by atoms with Crippen molar-refractivity contribution in [2.24, 2.45) is 0 Å². The monoisotopic (exact) mass is 798 g/mol. The lowest BCUT2D eigenvalue weighted by atomic mass is 9.79. The van der Waals surface area contributed by atoms with Gasteiger partial charge < -0.3 is 4.42 Å². The molecule has 1 aromatic heterocycles. The Balaban J connectivity index is 1.16. The molecule has 0 bridgehead atoms. The van der Waals surface area contributed by atoms with Crippen LogP contribution in [0.5, 0.6) is 0 Å². The number of para-hydroxylation sites is 1. The molecule has 12 aromatic carbocycles. The zero-order valence-electron chi connectivity index (χ0n) is 34.3. The third-order valence-corrected chi connectivity index (χ3v) is 13.3. The van der Waals surface area contributed by atoms with Gasteiger partial charge in [-0.15, -0.1) is 0 Å². The van der Waals surface area contributed by atoms with Crippen LogP contribution in [0.4, 0.5) is 0 Å². The lowest BCUT2D eigenvalue weighted by Crippen LogP contribution is -1.96. The first-order chi connectivity index (χ1) is 31.3. The Morgan fingerprint density at radius 2 is 0.730 bits per heavy atom. The highest BCUT2D eigenvalue weighted by molar-refractivity contribution is 6.27. The second-order valence-electron chi connectivity index (χ2n) is 16.6. The average molecular weight is 799 g/mol. The van der Waals surface area contributed by atoms with Crippen LogP contribution in [-0.4, -0.2) is 0 Å². The Bertz CT molecular complexity index is 3910. The summed E-state index contributed by atoms with van der Waals surface area (Å²) >= 11 is 0. The van der Waals surface area contributed by atoms with E-state index in [1.165, 1.54) is 104 Å². The van der Waals surface area contributed by atoms with Gasteiger partial charge in [0.25, 0.3) is 0 Å². The van der Waals surface area contributed by atoms with E-state index in [0.717, 1.165) is 27.5 Å². The van der Waals surface area contributed by atoms with Crippen molar-refractivity contribution in [1.29, 1.82) is 0 Å². The quantitative estimate of drug-likeness (QED) is 0.125. The van der Waals surface area contributed by atoms with Gasteiger partial charge in [-0.3, -0.25) is 0 Å². The molecule has 0 aliphatic carbocycles. The minimum atomic E-state index is 0.893. The van der Waals surface area contributed by atoms with Crippen LogP contribution in [0.2, 0.25) is 0 Å². The number of furan rings is 1. The minimum Gasteiger partial charge on any atom is -0.456 e. The summed E-state index contributed by atoms with van der Waals surface area (Å²) in [5.41, 5.74) is 13.9. The molecule has 1 nitrogen and oxygen atoms in total. The fourth-order valence-electron chi connectivity index (χ4n) is 10.5. The molecule has 63 heavy (non-hydrogen) atoms. The summed E-state index contributed by atoms with van der Waals surface area (Å²) in [5, 5.41) is 14.6. The van der Waals surface area contributed by atoms with Gasteiger partial charge in [0.1, 0.15) is 11.2 Å². The van der Waals surface area contributed by atoms with E-state index < -0.39 is 0 Å². The Morgan fingerprint density at radius 3 is 1.49 bits per heavy atom. The van der Waals surface area contributed by atoms with Crippen LogP contribution in [0.1, 0.15) is 0 Å². The van der Waals surface area contributed by atoms with E-state index in [1.54, 1.807) is 0 Å². The first-order valence-corrected chi connectivity index (χ1v) is 21.8. The number of rotatable bonds is 5. The third kappa shape index (κ3) is 5.50. The van der Waals surface area contributed by atoms with E-state index in [0.29, 0.717) is 0 Å². The molecule has 1 heterocycles. The molecule has 0 atom stereocenters. The first kappa shape index (κ1) is 35.5. The van der Waals surface area contributed by atoms with Gasteiger partial charge in [0.05, 0.1) is 0 Å². The molecule has 0 fully saturated rings. The average Bonchev–Trinajstić information content (AvgIpc) is 3.73. The molecule has 0 aliphatic rings. The summed E-state index contributed by atoms with van der Waals surface area (Å²) in [7, 11) is 0.